The van der Waals surface area contributed by atoms with E-state index in [1.807, 2.05) is 0 Å². The van der Waals surface area contributed by atoms with Crippen LogP contribution in [0.15, 0.2) is 5.38 Å². The number of aromatic nitrogens is 1. The van der Waals surface area contributed by atoms with Crippen LogP contribution in [0.3, 0.4) is 0 Å². The predicted molar refractivity (Wildman–Crippen MR) is 82.5 cm³/mol. The van der Waals surface area contributed by atoms with Crippen molar-refractivity contribution in [1.82, 2.24) is 10.3 Å². The fourth-order valence-electron chi connectivity index (χ4n) is 1.36. The van der Waals surface area contributed by atoms with Gasteiger partial charge in [0.15, 0.2) is 0 Å². The molecule has 0 aliphatic carbocycles. The van der Waals surface area contributed by atoms with Gasteiger partial charge in [0.05, 0.1) is 22.2 Å². The largest absolute Gasteiger partial charge is 0.481 e. The van der Waals surface area contributed by atoms with E-state index in [0.29, 0.717) is 13.0 Å². The lowest BCUT2D eigenvalue weighted by Gasteiger charge is -2.14. The van der Waals surface area contributed by atoms with Crippen molar-refractivity contribution in [2.24, 2.45) is 0 Å². The summed E-state index contributed by atoms with van der Waals surface area (Å²) in [5.41, 5.74) is 1.12. The number of aliphatic carboxylic acids is 1. The van der Waals surface area contributed by atoms with Crippen LogP contribution in [0.5, 0.6) is 0 Å². The second-order valence-electron chi connectivity index (χ2n) is 5.36. The normalized spacial score (nSPS) is 11.3. The van der Waals surface area contributed by atoms with Gasteiger partial charge in [-0.05, 0) is 0 Å². The van der Waals surface area contributed by atoms with Crippen LogP contribution in [0.2, 0.25) is 0 Å². The molecule has 2 N–H and O–H groups in total. The third-order valence-corrected chi connectivity index (χ3v) is 4.27. The van der Waals surface area contributed by atoms with Crippen LogP contribution in [0, 0.1) is 0 Å². The van der Waals surface area contributed by atoms with Crippen molar-refractivity contribution in [1.29, 1.82) is 0 Å². The minimum atomic E-state index is -0.903. The van der Waals surface area contributed by atoms with Gasteiger partial charge in [-0.25, -0.2) is 4.98 Å². The highest BCUT2D eigenvalue weighted by Crippen LogP contribution is 2.23. The summed E-state index contributed by atoms with van der Waals surface area (Å²) in [5, 5.41) is 14.3. The Labute approximate surface area is 127 Å². The van der Waals surface area contributed by atoms with E-state index in [9.17, 15) is 9.59 Å². The third-order valence-electron chi connectivity index (χ3n) is 2.44. The Kier molecular flexibility index (Phi) is 6.48. The number of thioether (sulfide) groups is 1. The zero-order chi connectivity index (χ0) is 15.2. The minimum Gasteiger partial charge on any atom is -0.481 e. The molecule has 0 aromatic carbocycles. The molecular weight excluding hydrogens is 296 g/mol. The van der Waals surface area contributed by atoms with Crippen molar-refractivity contribution < 1.29 is 14.7 Å². The first kappa shape index (κ1) is 17.0. The number of carbonyl (C=O) groups is 2. The van der Waals surface area contributed by atoms with E-state index in [0.717, 1.165) is 22.5 Å². The monoisotopic (exact) mass is 316 g/mol. The Morgan fingerprint density at radius 3 is 2.65 bits per heavy atom. The van der Waals surface area contributed by atoms with Gasteiger partial charge in [0.1, 0.15) is 0 Å². The molecule has 1 rings (SSSR count). The first-order chi connectivity index (χ1) is 9.29. The van der Waals surface area contributed by atoms with Crippen molar-refractivity contribution in [2.75, 3.05) is 18.1 Å². The van der Waals surface area contributed by atoms with Gasteiger partial charge in [-0.2, -0.15) is 0 Å². The molecule has 0 radical (unpaired) electrons. The van der Waals surface area contributed by atoms with E-state index in [4.69, 9.17) is 5.11 Å². The highest BCUT2D eigenvalue weighted by atomic mass is 32.2. The van der Waals surface area contributed by atoms with E-state index < -0.39 is 5.97 Å². The van der Waals surface area contributed by atoms with Gasteiger partial charge in [0.25, 0.3) is 0 Å². The van der Waals surface area contributed by atoms with Crippen LogP contribution in [0.1, 0.15) is 31.5 Å². The van der Waals surface area contributed by atoms with Crippen molar-refractivity contribution in [3.8, 4) is 0 Å². The van der Waals surface area contributed by atoms with Gasteiger partial charge in [-0.3, -0.25) is 9.59 Å². The molecule has 112 valence electrons. The van der Waals surface area contributed by atoms with Gasteiger partial charge in [0.2, 0.25) is 5.91 Å². The molecular formula is C13H20N2O3S2. The summed E-state index contributed by atoms with van der Waals surface area (Å²) in [6.45, 7) is 6.89. The van der Waals surface area contributed by atoms with E-state index in [1.54, 1.807) is 11.3 Å². The predicted octanol–water partition coefficient (Wildman–Crippen LogP) is 1.92. The lowest BCUT2D eigenvalue weighted by Crippen LogP contribution is -2.27. The zero-order valence-corrected chi connectivity index (χ0v) is 13.6. The maximum atomic E-state index is 11.4. The van der Waals surface area contributed by atoms with Gasteiger partial charge >= 0.3 is 5.97 Å². The Hall–Kier alpha value is -1.08. The van der Waals surface area contributed by atoms with Crippen molar-refractivity contribution >= 4 is 35.0 Å². The summed E-state index contributed by atoms with van der Waals surface area (Å²) in [4.78, 5) is 26.3. The molecule has 0 unspecified atom stereocenters. The van der Waals surface area contributed by atoms with Gasteiger partial charge < -0.3 is 10.4 Å². The molecule has 7 heteroatoms. The SMILES string of the molecule is CC(C)(C)c1csc(CCNC(=O)CSCC(=O)O)n1. The molecule has 0 atom stereocenters. The van der Waals surface area contributed by atoms with Crippen LogP contribution in [0.4, 0.5) is 0 Å². The van der Waals surface area contributed by atoms with Gasteiger partial charge in [0, 0.05) is 23.8 Å². The van der Waals surface area contributed by atoms with Crippen LogP contribution in [0.25, 0.3) is 0 Å². The Morgan fingerprint density at radius 1 is 1.40 bits per heavy atom. The van der Waals surface area contributed by atoms with Crippen LogP contribution >= 0.6 is 23.1 Å². The average Bonchev–Trinajstić information content (AvgIpc) is 2.77. The first-order valence-corrected chi connectivity index (χ1v) is 8.33. The third kappa shape index (κ3) is 6.38. The van der Waals surface area contributed by atoms with Crippen molar-refractivity contribution in [3.05, 3.63) is 16.1 Å². The van der Waals surface area contributed by atoms with Gasteiger partial charge in [-0.15, -0.1) is 23.1 Å². The van der Waals surface area contributed by atoms with E-state index in [2.05, 4.69) is 36.5 Å². The number of amides is 1. The lowest BCUT2D eigenvalue weighted by atomic mass is 9.93. The summed E-state index contributed by atoms with van der Waals surface area (Å²) < 4.78 is 0. The molecule has 1 aromatic heterocycles. The standard InChI is InChI=1S/C13H20N2O3S2/c1-13(2,3)9-6-20-11(15-9)4-5-14-10(16)7-19-8-12(17)18/h6H,4-5,7-8H2,1-3H3,(H,14,16)(H,17,18). The van der Waals surface area contributed by atoms with E-state index >= 15 is 0 Å². The molecule has 0 aliphatic heterocycles. The molecule has 0 spiro atoms. The van der Waals surface area contributed by atoms with E-state index in [-0.39, 0.29) is 22.8 Å². The fourth-order valence-corrected chi connectivity index (χ4v) is 2.95. The molecule has 0 fully saturated rings. The molecule has 1 aromatic rings. The number of hydrogen-bond acceptors (Lipinski definition) is 5. The maximum Gasteiger partial charge on any atom is 0.313 e. The molecule has 1 heterocycles. The molecule has 0 bridgehead atoms. The number of thiazole rings is 1. The van der Waals surface area contributed by atoms with Gasteiger partial charge in [-0.1, -0.05) is 20.8 Å². The Balaban J connectivity index is 2.25. The number of hydrogen-bond donors (Lipinski definition) is 2. The number of nitrogens with one attached hydrogen (secondary N) is 1. The quantitative estimate of drug-likeness (QED) is 0.803. The highest BCUT2D eigenvalue weighted by molar-refractivity contribution is 8.00. The molecule has 0 saturated heterocycles. The summed E-state index contributed by atoms with van der Waals surface area (Å²) in [6, 6.07) is 0. The summed E-state index contributed by atoms with van der Waals surface area (Å²) >= 11 is 2.70. The van der Waals surface area contributed by atoms with Crippen molar-refractivity contribution in [3.63, 3.8) is 0 Å². The smallest absolute Gasteiger partial charge is 0.313 e. The average molecular weight is 316 g/mol. The molecule has 0 saturated carbocycles. The van der Waals surface area contributed by atoms with Crippen LogP contribution in [-0.4, -0.2) is 40.0 Å². The Morgan fingerprint density at radius 2 is 2.10 bits per heavy atom. The first-order valence-electron chi connectivity index (χ1n) is 6.30. The molecule has 5 nitrogen and oxygen atoms in total. The summed E-state index contributed by atoms with van der Waals surface area (Å²) in [5.74, 6) is -0.907. The van der Waals surface area contributed by atoms with Crippen LogP contribution in [-0.2, 0) is 21.4 Å². The van der Waals surface area contributed by atoms with Crippen LogP contribution < -0.4 is 5.32 Å². The minimum absolute atomic E-state index is 0.0468. The molecule has 20 heavy (non-hydrogen) atoms. The number of carboxylic acids is 1. The fraction of sp³-hybridized carbons (Fsp3) is 0.615. The van der Waals surface area contributed by atoms with Crippen molar-refractivity contribution in [2.45, 2.75) is 32.6 Å². The molecule has 0 aliphatic rings. The maximum absolute atomic E-state index is 11.4. The number of rotatable bonds is 7. The lowest BCUT2D eigenvalue weighted by molar-refractivity contribution is -0.133. The zero-order valence-electron chi connectivity index (χ0n) is 11.9. The summed E-state index contributed by atoms with van der Waals surface area (Å²) in [7, 11) is 0. The second kappa shape index (κ2) is 7.64. The number of carboxylic acid groups (broad SMARTS) is 1. The number of carbonyl (C=O) groups excluding carboxylic acids is 1. The van der Waals surface area contributed by atoms with E-state index in [1.165, 1.54) is 0 Å². The second-order valence-corrected chi connectivity index (χ2v) is 7.29. The molecule has 1 amide bonds. The number of nitrogens with zero attached hydrogens (tertiary/aromatic N) is 1. The summed E-state index contributed by atoms with van der Waals surface area (Å²) in [6.07, 6.45) is 0.704. The Bertz CT molecular complexity index is 466. The highest BCUT2D eigenvalue weighted by Gasteiger charge is 2.17. The topological polar surface area (TPSA) is 79.3 Å².